The summed E-state index contributed by atoms with van der Waals surface area (Å²) in [5, 5.41) is 16.8. The van der Waals surface area contributed by atoms with E-state index in [4.69, 9.17) is 10.5 Å². The topological polar surface area (TPSA) is 87.7 Å². The number of H-pyrrole nitrogens is 1. The second kappa shape index (κ2) is 6.01. The number of fused-ring (bicyclic) bond motifs is 1. The second-order valence-corrected chi connectivity index (χ2v) is 6.28. The van der Waals surface area contributed by atoms with Gasteiger partial charge in [-0.25, -0.2) is 0 Å². The fraction of sp³-hybridized carbons (Fsp3) is 0.250. The number of nitriles is 1. The Morgan fingerprint density at radius 2 is 2.23 bits per heavy atom. The fourth-order valence-electron chi connectivity index (χ4n) is 2.77. The molecule has 2 heterocycles. The van der Waals surface area contributed by atoms with Crippen LogP contribution in [0.1, 0.15) is 36.1 Å². The van der Waals surface area contributed by atoms with E-state index in [9.17, 15) is 5.26 Å². The van der Waals surface area contributed by atoms with Crippen LogP contribution in [-0.2, 0) is 6.42 Å². The third-order valence-corrected chi connectivity index (χ3v) is 4.72. The maximum absolute atomic E-state index is 9.57. The summed E-state index contributed by atoms with van der Waals surface area (Å²) in [5.74, 6) is 0.376. The van der Waals surface area contributed by atoms with Crippen LogP contribution in [0.4, 0.5) is 0 Å². The number of nitrogens with zero attached hydrogens (tertiary/aromatic N) is 2. The lowest BCUT2D eigenvalue weighted by atomic mass is 9.83. The van der Waals surface area contributed by atoms with E-state index >= 15 is 0 Å². The molecule has 1 unspecified atom stereocenters. The molecule has 112 valence electrons. The summed E-state index contributed by atoms with van der Waals surface area (Å²) >= 11 is 2.28. The lowest BCUT2D eigenvalue weighted by Crippen LogP contribution is -2.21. The van der Waals surface area contributed by atoms with Gasteiger partial charge in [-0.2, -0.15) is 5.26 Å². The maximum Gasteiger partial charge on any atom is 0.244 e. The SMILES string of the molecule is CCCc1[nH]nc2c1C(c1ccccc1I)C(C#N)=C(N)O2. The molecule has 0 spiro atoms. The van der Waals surface area contributed by atoms with Crippen molar-refractivity contribution in [1.82, 2.24) is 10.2 Å². The maximum atomic E-state index is 9.57. The number of allylic oxidation sites excluding steroid dienone is 1. The average molecular weight is 406 g/mol. The third kappa shape index (κ3) is 2.35. The van der Waals surface area contributed by atoms with Gasteiger partial charge in [-0.3, -0.25) is 5.10 Å². The summed E-state index contributed by atoms with van der Waals surface area (Å²) in [6, 6.07) is 10.2. The predicted octanol–water partition coefficient (Wildman–Crippen LogP) is 3.18. The summed E-state index contributed by atoms with van der Waals surface area (Å²) < 4.78 is 6.63. The van der Waals surface area contributed by atoms with Crippen molar-refractivity contribution in [3.05, 3.63) is 56.1 Å². The summed E-state index contributed by atoms with van der Waals surface area (Å²) in [4.78, 5) is 0. The van der Waals surface area contributed by atoms with E-state index in [1.807, 2.05) is 24.3 Å². The molecule has 0 fully saturated rings. The van der Waals surface area contributed by atoms with Gasteiger partial charge in [0.25, 0.3) is 0 Å². The van der Waals surface area contributed by atoms with Crippen molar-refractivity contribution in [2.45, 2.75) is 25.7 Å². The molecule has 0 saturated heterocycles. The van der Waals surface area contributed by atoms with Crippen molar-refractivity contribution < 1.29 is 4.74 Å². The highest BCUT2D eigenvalue weighted by molar-refractivity contribution is 14.1. The molecule has 0 aliphatic carbocycles. The molecule has 2 aromatic rings. The molecule has 1 aromatic heterocycles. The summed E-state index contributed by atoms with van der Waals surface area (Å²) in [6.07, 6.45) is 1.83. The van der Waals surface area contributed by atoms with E-state index in [0.29, 0.717) is 11.5 Å². The fourth-order valence-corrected chi connectivity index (χ4v) is 3.47. The first-order valence-electron chi connectivity index (χ1n) is 7.06. The molecule has 5 nitrogen and oxygen atoms in total. The molecule has 3 N–H and O–H groups in total. The van der Waals surface area contributed by atoms with Crippen LogP contribution in [-0.4, -0.2) is 10.2 Å². The minimum Gasteiger partial charge on any atom is -0.420 e. The number of hydrogen-bond acceptors (Lipinski definition) is 4. The Hall–Kier alpha value is -2.01. The predicted molar refractivity (Wildman–Crippen MR) is 91.0 cm³/mol. The normalized spacial score (nSPS) is 16.9. The summed E-state index contributed by atoms with van der Waals surface area (Å²) in [7, 11) is 0. The first kappa shape index (κ1) is 14.9. The van der Waals surface area contributed by atoms with Gasteiger partial charge >= 0.3 is 0 Å². The monoisotopic (exact) mass is 406 g/mol. The minimum atomic E-state index is -0.234. The van der Waals surface area contributed by atoms with Crippen molar-refractivity contribution in [1.29, 1.82) is 5.26 Å². The Kier molecular flexibility index (Phi) is 4.07. The first-order valence-corrected chi connectivity index (χ1v) is 8.14. The molecule has 1 atom stereocenters. The van der Waals surface area contributed by atoms with E-state index in [1.165, 1.54) is 0 Å². The van der Waals surface area contributed by atoms with Gasteiger partial charge in [0, 0.05) is 14.8 Å². The van der Waals surface area contributed by atoms with Gasteiger partial charge in [0.05, 0.1) is 5.92 Å². The molecule has 1 aliphatic heterocycles. The van der Waals surface area contributed by atoms with Crippen molar-refractivity contribution in [2.75, 3.05) is 0 Å². The zero-order chi connectivity index (χ0) is 15.7. The molecule has 22 heavy (non-hydrogen) atoms. The van der Waals surface area contributed by atoms with Gasteiger partial charge in [-0.1, -0.05) is 31.5 Å². The van der Waals surface area contributed by atoms with Crippen LogP contribution in [0.25, 0.3) is 0 Å². The largest absolute Gasteiger partial charge is 0.420 e. The van der Waals surface area contributed by atoms with E-state index in [1.54, 1.807) is 0 Å². The van der Waals surface area contributed by atoms with Crippen LogP contribution in [0.5, 0.6) is 5.88 Å². The molecule has 0 saturated carbocycles. The molecular formula is C16H15IN4O. The van der Waals surface area contributed by atoms with E-state index < -0.39 is 0 Å². The Morgan fingerprint density at radius 1 is 1.45 bits per heavy atom. The molecule has 3 rings (SSSR count). The van der Waals surface area contributed by atoms with Crippen molar-refractivity contribution in [3.8, 4) is 11.9 Å². The van der Waals surface area contributed by atoms with Gasteiger partial charge in [-0.15, -0.1) is 5.10 Å². The quantitative estimate of drug-likeness (QED) is 0.767. The molecule has 0 radical (unpaired) electrons. The zero-order valence-electron chi connectivity index (χ0n) is 12.1. The van der Waals surface area contributed by atoms with Crippen LogP contribution in [0.15, 0.2) is 35.7 Å². The molecule has 6 heteroatoms. The molecule has 0 amide bonds. The third-order valence-electron chi connectivity index (χ3n) is 3.73. The Bertz CT molecular complexity index is 788. The Morgan fingerprint density at radius 3 is 2.91 bits per heavy atom. The van der Waals surface area contributed by atoms with Crippen LogP contribution in [0, 0.1) is 14.9 Å². The summed E-state index contributed by atoms with van der Waals surface area (Å²) in [5.41, 5.74) is 9.36. The van der Waals surface area contributed by atoms with Crippen LogP contribution in [0.2, 0.25) is 0 Å². The molecule has 1 aliphatic rings. The number of halogens is 1. The second-order valence-electron chi connectivity index (χ2n) is 5.12. The van der Waals surface area contributed by atoms with Gasteiger partial charge in [0.1, 0.15) is 11.6 Å². The zero-order valence-corrected chi connectivity index (χ0v) is 14.2. The van der Waals surface area contributed by atoms with Gasteiger partial charge in [0.15, 0.2) is 0 Å². The van der Waals surface area contributed by atoms with Gasteiger partial charge < -0.3 is 10.5 Å². The highest BCUT2D eigenvalue weighted by Crippen LogP contribution is 2.44. The smallest absolute Gasteiger partial charge is 0.244 e. The Balaban J connectivity index is 2.24. The number of benzene rings is 1. The van der Waals surface area contributed by atoms with Crippen LogP contribution >= 0.6 is 22.6 Å². The van der Waals surface area contributed by atoms with Gasteiger partial charge in [0.2, 0.25) is 11.8 Å². The van der Waals surface area contributed by atoms with Gasteiger partial charge in [-0.05, 0) is 40.6 Å². The number of aryl methyl sites for hydroxylation is 1. The number of aromatic nitrogens is 2. The van der Waals surface area contributed by atoms with Crippen molar-refractivity contribution in [2.24, 2.45) is 5.73 Å². The van der Waals surface area contributed by atoms with E-state index in [-0.39, 0.29) is 11.8 Å². The number of hydrogen-bond donors (Lipinski definition) is 2. The van der Waals surface area contributed by atoms with E-state index in [0.717, 1.165) is 33.2 Å². The number of ether oxygens (including phenoxy) is 1. The molecule has 1 aromatic carbocycles. The van der Waals surface area contributed by atoms with E-state index in [2.05, 4.69) is 45.8 Å². The Labute approximate surface area is 142 Å². The number of rotatable bonds is 3. The number of nitrogens with one attached hydrogen (secondary N) is 1. The lowest BCUT2D eigenvalue weighted by molar-refractivity contribution is 0.378. The molecule has 0 bridgehead atoms. The molecular weight excluding hydrogens is 391 g/mol. The standard InChI is InChI=1S/C16H15IN4O/c1-2-5-12-14-13(9-6-3-4-7-11(9)17)10(8-18)15(19)22-16(14)21-20-12/h3-4,6-7,13H,2,5,19H2,1H3,(H,20,21). The van der Waals surface area contributed by atoms with Crippen LogP contribution < -0.4 is 10.5 Å². The minimum absolute atomic E-state index is 0.134. The number of aromatic amines is 1. The average Bonchev–Trinajstić information content (AvgIpc) is 2.89. The van der Waals surface area contributed by atoms with Crippen molar-refractivity contribution >= 4 is 22.6 Å². The van der Waals surface area contributed by atoms with Crippen molar-refractivity contribution in [3.63, 3.8) is 0 Å². The highest BCUT2D eigenvalue weighted by Gasteiger charge is 2.35. The van der Waals surface area contributed by atoms with Crippen LogP contribution in [0.3, 0.4) is 0 Å². The summed E-state index contributed by atoms with van der Waals surface area (Å²) in [6.45, 7) is 2.10. The highest BCUT2D eigenvalue weighted by atomic mass is 127. The lowest BCUT2D eigenvalue weighted by Gasteiger charge is -2.24. The first-order chi connectivity index (χ1) is 10.7. The number of nitrogens with two attached hydrogens (primary N) is 1.